The van der Waals surface area contributed by atoms with Crippen LogP contribution in [0.3, 0.4) is 0 Å². The fourth-order valence-corrected chi connectivity index (χ4v) is 1.09. The normalized spacial score (nSPS) is 18.8. The van der Waals surface area contributed by atoms with Crippen molar-refractivity contribution in [3.63, 3.8) is 0 Å². The molecule has 1 aliphatic rings. The number of aliphatic imine (C=N–C) groups is 1. The van der Waals surface area contributed by atoms with Gasteiger partial charge in [0.1, 0.15) is 0 Å². The number of rotatable bonds is 2. The molecule has 1 heterocycles. The highest BCUT2D eigenvalue weighted by molar-refractivity contribution is 6.04. The molecular formula is C9H9F3N2O. The molecule has 0 bridgehead atoms. The van der Waals surface area contributed by atoms with E-state index in [4.69, 9.17) is 0 Å². The van der Waals surface area contributed by atoms with Crippen LogP contribution in [-0.2, 0) is 4.84 Å². The SMILES string of the molecule is C=C/C=C1/C(C(F)(F)F)=CN=C1NOC. The van der Waals surface area contributed by atoms with Gasteiger partial charge in [-0.3, -0.25) is 4.84 Å². The maximum absolute atomic E-state index is 12.5. The Balaban J connectivity index is 2.99. The van der Waals surface area contributed by atoms with E-state index in [2.05, 4.69) is 21.9 Å². The fraction of sp³-hybridized carbons (Fsp3) is 0.222. The summed E-state index contributed by atoms with van der Waals surface area (Å²) in [6, 6.07) is 0. The molecule has 0 fully saturated rings. The van der Waals surface area contributed by atoms with Gasteiger partial charge >= 0.3 is 6.18 Å². The number of allylic oxidation sites excluding steroid dienone is 2. The molecule has 0 saturated heterocycles. The van der Waals surface area contributed by atoms with Crippen molar-refractivity contribution in [2.45, 2.75) is 6.18 Å². The minimum absolute atomic E-state index is 0.0183. The molecule has 0 spiro atoms. The maximum atomic E-state index is 12.5. The lowest BCUT2D eigenvalue weighted by molar-refractivity contribution is -0.0887. The first kappa shape index (κ1) is 11.5. The summed E-state index contributed by atoms with van der Waals surface area (Å²) in [7, 11) is 1.29. The highest BCUT2D eigenvalue weighted by atomic mass is 19.4. The lowest BCUT2D eigenvalue weighted by Gasteiger charge is -2.11. The summed E-state index contributed by atoms with van der Waals surface area (Å²) in [4.78, 5) is 8.06. The zero-order valence-corrected chi connectivity index (χ0v) is 7.93. The Morgan fingerprint density at radius 1 is 1.53 bits per heavy atom. The van der Waals surface area contributed by atoms with Gasteiger partial charge in [0.15, 0.2) is 5.84 Å². The molecule has 0 aromatic rings. The van der Waals surface area contributed by atoms with Crippen molar-refractivity contribution in [2.75, 3.05) is 7.11 Å². The smallest absolute Gasteiger partial charge is 0.278 e. The molecule has 1 aliphatic heterocycles. The predicted molar refractivity (Wildman–Crippen MR) is 50.0 cm³/mol. The van der Waals surface area contributed by atoms with Crippen LogP contribution in [0.4, 0.5) is 13.2 Å². The van der Waals surface area contributed by atoms with Gasteiger partial charge in [-0.1, -0.05) is 18.7 Å². The van der Waals surface area contributed by atoms with Gasteiger partial charge in [-0.15, -0.1) is 0 Å². The summed E-state index contributed by atoms with van der Waals surface area (Å²) in [5.41, 5.74) is 1.36. The van der Waals surface area contributed by atoms with E-state index >= 15 is 0 Å². The van der Waals surface area contributed by atoms with E-state index in [1.54, 1.807) is 0 Å². The van der Waals surface area contributed by atoms with Crippen LogP contribution in [0.15, 0.2) is 41.1 Å². The summed E-state index contributed by atoms with van der Waals surface area (Å²) in [6.07, 6.45) is -1.21. The van der Waals surface area contributed by atoms with Crippen molar-refractivity contribution in [3.05, 3.63) is 36.1 Å². The van der Waals surface area contributed by atoms with E-state index < -0.39 is 11.7 Å². The monoisotopic (exact) mass is 218 g/mol. The van der Waals surface area contributed by atoms with Gasteiger partial charge in [0.25, 0.3) is 0 Å². The zero-order valence-electron chi connectivity index (χ0n) is 7.93. The number of halogens is 3. The Morgan fingerprint density at radius 2 is 2.20 bits per heavy atom. The number of alkyl halides is 3. The summed E-state index contributed by atoms with van der Waals surface area (Å²) in [5.74, 6) is 0.0183. The molecule has 82 valence electrons. The van der Waals surface area contributed by atoms with Crippen LogP contribution < -0.4 is 5.48 Å². The van der Waals surface area contributed by atoms with E-state index in [0.717, 1.165) is 6.20 Å². The molecule has 3 nitrogen and oxygen atoms in total. The van der Waals surface area contributed by atoms with E-state index in [-0.39, 0.29) is 11.4 Å². The van der Waals surface area contributed by atoms with Crippen molar-refractivity contribution in [1.29, 1.82) is 0 Å². The number of hydrogen-bond acceptors (Lipinski definition) is 3. The standard InChI is InChI=1S/C9H9F3N2O/c1-3-4-6-7(9(10,11)12)5-13-8(6)14-15-2/h3-5H,1H2,2H3,(H,13,14)/b6-4-. The van der Waals surface area contributed by atoms with Crippen molar-refractivity contribution in [2.24, 2.45) is 4.99 Å². The molecule has 1 N–H and O–H groups in total. The van der Waals surface area contributed by atoms with Crippen LogP contribution >= 0.6 is 0 Å². The largest absolute Gasteiger partial charge is 0.418 e. The van der Waals surface area contributed by atoms with Crippen molar-refractivity contribution in [1.82, 2.24) is 5.48 Å². The van der Waals surface area contributed by atoms with Gasteiger partial charge in [0.2, 0.25) is 0 Å². The third-order valence-electron chi connectivity index (χ3n) is 1.66. The molecule has 0 saturated carbocycles. The van der Waals surface area contributed by atoms with Crippen LogP contribution in [0.2, 0.25) is 0 Å². The molecule has 1 rings (SSSR count). The fourth-order valence-electron chi connectivity index (χ4n) is 1.09. The van der Waals surface area contributed by atoms with Crippen molar-refractivity contribution < 1.29 is 18.0 Å². The molecule has 6 heteroatoms. The molecule has 15 heavy (non-hydrogen) atoms. The second-order valence-corrected chi connectivity index (χ2v) is 2.64. The van der Waals surface area contributed by atoms with Gasteiger partial charge in [0, 0.05) is 11.8 Å². The number of amidine groups is 1. The zero-order chi connectivity index (χ0) is 11.5. The van der Waals surface area contributed by atoms with Crippen LogP contribution in [0, 0.1) is 0 Å². The molecule has 0 amide bonds. The Bertz CT molecular complexity index is 353. The second-order valence-electron chi connectivity index (χ2n) is 2.64. The third kappa shape index (κ3) is 2.47. The summed E-state index contributed by atoms with van der Waals surface area (Å²) >= 11 is 0. The minimum Gasteiger partial charge on any atom is -0.278 e. The number of hydrogen-bond donors (Lipinski definition) is 1. The van der Waals surface area contributed by atoms with Crippen LogP contribution in [-0.4, -0.2) is 19.1 Å². The van der Waals surface area contributed by atoms with E-state index in [1.807, 2.05) is 0 Å². The highest BCUT2D eigenvalue weighted by Crippen LogP contribution is 2.34. The van der Waals surface area contributed by atoms with Gasteiger partial charge in [-0.2, -0.15) is 13.2 Å². The molecule has 0 unspecified atom stereocenters. The molecule has 0 aliphatic carbocycles. The first-order chi connectivity index (χ1) is 7.00. The minimum atomic E-state index is -4.44. The summed E-state index contributed by atoms with van der Waals surface area (Å²) in [5, 5.41) is 0. The Labute approximate surface area is 84.6 Å². The van der Waals surface area contributed by atoms with Crippen LogP contribution in [0.1, 0.15) is 0 Å². The number of nitrogens with zero attached hydrogens (tertiary/aromatic N) is 1. The first-order valence-electron chi connectivity index (χ1n) is 3.98. The van der Waals surface area contributed by atoms with Crippen LogP contribution in [0.5, 0.6) is 0 Å². The molecular weight excluding hydrogens is 209 g/mol. The second kappa shape index (κ2) is 4.31. The average Bonchev–Trinajstić information content (AvgIpc) is 2.49. The Kier molecular flexibility index (Phi) is 3.31. The summed E-state index contributed by atoms with van der Waals surface area (Å²) < 4.78 is 37.4. The van der Waals surface area contributed by atoms with E-state index in [9.17, 15) is 13.2 Å². The van der Waals surface area contributed by atoms with Crippen LogP contribution in [0.25, 0.3) is 0 Å². The lowest BCUT2D eigenvalue weighted by Crippen LogP contribution is -2.25. The summed E-state index contributed by atoms with van der Waals surface area (Å²) in [6.45, 7) is 3.34. The topological polar surface area (TPSA) is 33.6 Å². The maximum Gasteiger partial charge on any atom is 0.418 e. The molecule has 0 atom stereocenters. The van der Waals surface area contributed by atoms with E-state index in [0.29, 0.717) is 0 Å². The number of nitrogens with one attached hydrogen (secondary N) is 1. The molecule has 0 aromatic carbocycles. The lowest BCUT2D eigenvalue weighted by atomic mass is 10.1. The predicted octanol–water partition coefficient (Wildman–Crippen LogP) is 2.11. The van der Waals surface area contributed by atoms with E-state index in [1.165, 1.54) is 19.3 Å². The van der Waals surface area contributed by atoms with Gasteiger partial charge in [-0.25, -0.2) is 10.5 Å². The molecule has 0 aromatic heterocycles. The van der Waals surface area contributed by atoms with Gasteiger partial charge in [-0.05, 0) is 0 Å². The molecule has 0 radical (unpaired) electrons. The van der Waals surface area contributed by atoms with Crippen molar-refractivity contribution >= 4 is 5.84 Å². The van der Waals surface area contributed by atoms with Crippen molar-refractivity contribution in [3.8, 4) is 0 Å². The Morgan fingerprint density at radius 3 is 2.67 bits per heavy atom. The first-order valence-corrected chi connectivity index (χ1v) is 3.98. The quantitative estimate of drug-likeness (QED) is 0.720. The van der Waals surface area contributed by atoms with Gasteiger partial charge < -0.3 is 0 Å². The number of hydroxylamine groups is 1. The van der Waals surface area contributed by atoms with Gasteiger partial charge in [0.05, 0.1) is 12.7 Å². The highest BCUT2D eigenvalue weighted by Gasteiger charge is 2.39. The average molecular weight is 218 g/mol. The Hall–Kier alpha value is -1.56. The third-order valence-corrected chi connectivity index (χ3v) is 1.66.